The molecule has 0 unspecified atom stereocenters. The van der Waals surface area contributed by atoms with Crippen molar-refractivity contribution in [1.29, 1.82) is 0 Å². The van der Waals surface area contributed by atoms with Gasteiger partial charge < -0.3 is 15.4 Å². The van der Waals surface area contributed by atoms with E-state index >= 15 is 0 Å². The van der Waals surface area contributed by atoms with E-state index in [1.54, 1.807) is 7.11 Å². The Labute approximate surface area is 88.6 Å². The van der Waals surface area contributed by atoms with Crippen LogP contribution in [-0.4, -0.2) is 19.6 Å². The topological polar surface area (TPSA) is 50.4 Å². The molecule has 0 saturated carbocycles. The lowest BCUT2D eigenvalue weighted by atomic mass is 10.2. The van der Waals surface area contributed by atoms with Crippen molar-refractivity contribution < 1.29 is 9.53 Å². The number of fused-ring (bicyclic) bond motifs is 1. The van der Waals surface area contributed by atoms with E-state index in [1.807, 2.05) is 25.1 Å². The fourth-order valence-corrected chi connectivity index (χ4v) is 1.52. The summed E-state index contributed by atoms with van der Waals surface area (Å²) in [6.07, 6.45) is 0. The lowest BCUT2D eigenvalue weighted by Gasteiger charge is -2.08. The first-order valence-electron chi connectivity index (χ1n) is 4.93. The highest BCUT2D eigenvalue weighted by atomic mass is 16.5. The summed E-state index contributed by atoms with van der Waals surface area (Å²) in [5, 5.41) is 6.08. The molecular formula is C11H14N2O2. The van der Waals surface area contributed by atoms with Gasteiger partial charge in [0.2, 0.25) is 5.91 Å². The summed E-state index contributed by atoms with van der Waals surface area (Å²) in [4.78, 5) is 11.5. The van der Waals surface area contributed by atoms with E-state index in [9.17, 15) is 4.79 Å². The molecule has 4 heteroatoms. The molecule has 80 valence electrons. The predicted molar refractivity (Wildman–Crippen MR) is 59.3 cm³/mol. The molecule has 1 aromatic rings. The minimum Gasteiger partial charge on any atom is -0.497 e. The lowest BCUT2D eigenvalue weighted by Crippen LogP contribution is -2.22. The van der Waals surface area contributed by atoms with Crippen LogP contribution in [0.2, 0.25) is 0 Å². The fourth-order valence-electron chi connectivity index (χ4n) is 1.52. The maximum absolute atomic E-state index is 11.5. The van der Waals surface area contributed by atoms with Crippen LogP contribution in [0, 0.1) is 5.92 Å². The van der Waals surface area contributed by atoms with Gasteiger partial charge in [0.25, 0.3) is 0 Å². The van der Waals surface area contributed by atoms with Gasteiger partial charge in [-0.15, -0.1) is 0 Å². The van der Waals surface area contributed by atoms with E-state index in [1.165, 1.54) is 0 Å². The maximum Gasteiger partial charge on any atom is 0.229 e. The standard InChI is InChI=1S/C11H14N2O2/c1-7-6-12-10-5-8(15-2)3-4-9(10)13-11(7)14/h3-5,7,12H,6H2,1-2H3,(H,13,14)/t7-/m0/s1. The van der Waals surface area contributed by atoms with Crippen LogP contribution in [0.15, 0.2) is 18.2 Å². The van der Waals surface area contributed by atoms with E-state index in [2.05, 4.69) is 10.6 Å². The van der Waals surface area contributed by atoms with Gasteiger partial charge in [0.15, 0.2) is 0 Å². The second-order valence-electron chi connectivity index (χ2n) is 3.68. The van der Waals surface area contributed by atoms with Gasteiger partial charge in [0, 0.05) is 12.6 Å². The van der Waals surface area contributed by atoms with Crippen molar-refractivity contribution in [3.05, 3.63) is 18.2 Å². The third-order valence-corrected chi connectivity index (χ3v) is 2.53. The Balaban J connectivity index is 2.34. The van der Waals surface area contributed by atoms with Crippen molar-refractivity contribution in [2.45, 2.75) is 6.92 Å². The molecule has 0 fully saturated rings. The second-order valence-corrected chi connectivity index (χ2v) is 3.68. The molecule has 1 aliphatic heterocycles. The van der Waals surface area contributed by atoms with E-state index in [0.29, 0.717) is 6.54 Å². The average molecular weight is 206 g/mol. The Bertz CT molecular complexity index is 390. The molecule has 0 spiro atoms. The van der Waals surface area contributed by atoms with Crippen molar-refractivity contribution in [3.63, 3.8) is 0 Å². The van der Waals surface area contributed by atoms with E-state index in [4.69, 9.17) is 4.74 Å². The Kier molecular flexibility index (Phi) is 2.49. The largest absolute Gasteiger partial charge is 0.497 e. The zero-order valence-corrected chi connectivity index (χ0v) is 8.83. The molecule has 15 heavy (non-hydrogen) atoms. The number of rotatable bonds is 1. The van der Waals surface area contributed by atoms with Gasteiger partial charge in [-0.25, -0.2) is 0 Å². The molecule has 1 aliphatic rings. The molecule has 1 amide bonds. The first-order valence-corrected chi connectivity index (χ1v) is 4.93. The van der Waals surface area contributed by atoms with Crippen molar-refractivity contribution >= 4 is 17.3 Å². The Morgan fingerprint density at radius 3 is 2.93 bits per heavy atom. The quantitative estimate of drug-likeness (QED) is 0.735. The normalized spacial score (nSPS) is 19.6. The third kappa shape index (κ3) is 1.88. The third-order valence-electron chi connectivity index (χ3n) is 2.53. The summed E-state index contributed by atoms with van der Waals surface area (Å²) < 4.78 is 5.12. The summed E-state index contributed by atoms with van der Waals surface area (Å²) in [6.45, 7) is 2.54. The van der Waals surface area contributed by atoms with Crippen LogP contribution in [0.25, 0.3) is 0 Å². The molecule has 1 atom stereocenters. The molecule has 2 N–H and O–H groups in total. The summed E-state index contributed by atoms with van der Waals surface area (Å²) in [5.41, 5.74) is 1.72. The van der Waals surface area contributed by atoms with Crippen LogP contribution < -0.4 is 15.4 Å². The fraction of sp³-hybridized carbons (Fsp3) is 0.364. The number of anilines is 2. The van der Waals surface area contributed by atoms with Gasteiger partial charge in [0.1, 0.15) is 5.75 Å². The van der Waals surface area contributed by atoms with Crippen LogP contribution in [0.4, 0.5) is 11.4 Å². The number of hydrogen-bond acceptors (Lipinski definition) is 3. The van der Waals surface area contributed by atoms with Crippen molar-refractivity contribution in [1.82, 2.24) is 0 Å². The Morgan fingerprint density at radius 1 is 1.40 bits per heavy atom. The van der Waals surface area contributed by atoms with Crippen molar-refractivity contribution in [3.8, 4) is 5.75 Å². The first kappa shape index (κ1) is 9.83. The highest BCUT2D eigenvalue weighted by molar-refractivity contribution is 5.97. The smallest absolute Gasteiger partial charge is 0.229 e. The molecule has 4 nitrogen and oxygen atoms in total. The minimum absolute atomic E-state index is 0.0246. The number of carbonyl (C=O) groups excluding carboxylic acids is 1. The van der Waals surface area contributed by atoms with Crippen LogP contribution in [0.3, 0.4) is 0 Å². The minimum atomic E-state index is -0.0246. The monoisotopic (exact) mass is 206 g/mol. The summed E-state index contributed by atoms with van der Waals surface area (Å²) in [6, 6.07) is 5.56. The van der Waals surface area contributed by atoms with Gasteiger partial charge >= 0.3 is 0 Å². The summed E-state index contributed by atoms with van der Waals surface area (Å²) >= 11 is 0. The molecule has 0 aliphatic carbocycles. The van der Waals surface area contributed by atoms with E-state index < -0.39 is 0 Å². The molecular weight excluding hydrogens is 192 g/mol. The number of benzene rings is 1. The number of methoxy groups -OCH3 is 1. The number of nitrogens with one attached hydrogen (secondary N) is 2. The lowest BCUT2D eigenvalue weighted by molar-refractivity contribution is -0.118. The molecule has 0 bridgehead atoms. The molecule has 1 heterocycles. The van der Waals surface area contributed by atoms with Gasteiger partial charge in [-0.05, 0) is 12.1 Å². The van der Waals surface area contributed by atoms with Crippen LogP contribution in [0.5, 0.6) is 5.75 Å². The molecule has 0 saturated heterocycles. The first-order chi connectivity index (χ1) is 7.20. The van der Waals surface area contributed by atoms with Gasteiger partial charge in [-0.1, -0.05) is 6.92 Å². The van der Waals surface area contributed by atoms with E-state index in [0.717, 1.165) is 17.1 Å². The number of hydrogen-bond donors (Lipinski definition) is 2. The number of carbonyl (C=O) groups is 1. The summed E-state index contributed by atoms with van der Waals surface area (Å²) in [7, 11) is 1.62. The average Bonchev–Trinajstić information content (AvgIpc) is 2.39. The van der Waals surface area contributed by atoms with Crippen LogP contribution >= 0.6 is 0 Å². The van der Waals surface area contributed by atoms with Gasteiger partial charge in [-0.3, -0.25) is 4.79 Å². The number of amides is 1. The van der Waals surface area contributed by atoms with E-state index in [-0.39, 0.29) is 11.8 Å². The number of ether oxygens (including phenoxy) is 1. The predicted octanol–water partition coefficient (Wildman–Crippen LogP) is 1.70. The Hall–Kier alpha value is -1.71. The highest BCUT2D eigenvalue weighted by Crippen LogP contribution is 2.29. The van der Waals surface area contributed by atoms with Crippen molar-refractivity contribution in [2.75, 3.05) is 24.3 Å². The maximum atomic E-state index is 11.5. The molecule has 0 aromatic heterocycles. The zero-order valence-electron chi connectivity index (χ0n) is 8.83. The second kappa shape index (κ2) is 3.81. The molecule has 2 rings (SSSR count). The molecule has 0 radical (unpaired) electrons. The van der Waals surface area contributed by atoms with Gasteiger partial charge in [0.05, 0.1) is 24.4 Å². The highest BCUT2D eigenvalue weighted by Gasteiger charge is 2.19. The SMILES string of the molecule is COc1ccc2c(c1)NC[C@H](C)C(=O)N2. The summed E-state index contributed by atoms with van der Waals surface area (Å²) in [5.74, 6) is 0.805. The van der Waals surface area contributed by atoms with Crippen LogP contribution in [0.1, 0.15) is 6.92 Å². The zero-order chi connectivity index (χ0) is 10.8. The van der Waals surface area contributed by atoms with Gasteiger partial charge in [-0.2, -0.15) is 0 Å². The van der Waals surface area contributed by atoms with Crippen molar-refractivity contribution in [2.24, 2.45) is 5.92 Å². The molecule has 1 aromatic carbocycles. The van der Waals surface area contributed by atoms with Crippen LogP contribution in [-0.2, 0) is 4.79 Å². The Morgan fingerprint density at radius 2 is 2.20 bits per heavy atom.